The van der Waals surface area contributed by atoms with E-state index in [1.807, 2.05) is 0 Å². The number of aromatic nitrogens is 2. The van der Waals surface area contributed by atoms with Crippen molar-refractivity contribution in [2.24, 2.45) is 0 Å². The summed E-state index contributed by atoms with van der Waals surface area (Å²) >= 11 is 0. The fraction of sp³-hybridized carbons (Fsp3) is 0.125. The number of nitrogens with zero attached hydrogens (tertiary/aromatic N) is 2. The number of carbonyl (C=O) groups is 1. The number of hydrogen-bond acceptors (Lipinski definition) is 3. The van der Waals surface area contributed by atoms with Crippen LogP contribution in [0.1, 0.15) is 12.6 Å². The molecule has 0 amide bonds. The van der Waals surface area contributed by atoms with Gasteiger partial charge in [0.15, 0.2) is 5.78 Å². The normalized spacial score (nSPS) is 10.3. The highest BCUT2D eigenvalue weighted by atomic mass is 16.1. The van der Waals surface area contributed by atoms with Crippen LogP contribution in [0.2, 0.25) is 0 Å². The first-order valence-corrected chi connectivity index (χ1v) is 3.24. The second-order valence-corrected chi connectivity index (χ2v) is 2.08. The molecule has 3 heteroatoms. The molecule has 1 aromatic rings. The molecule has 1 aromatic heterocycles. The number of allylic oxidation sites excluding steroid dienone is 1. The molecular weight excluding hydrogens is 140 g/mol. The SMILES string of the molecule is CC(=O)C=Cc1ccncn1. The molecule has 1 rings (SSSR count). The third-order valence-corrected chi connectivity index (χ3v) is 1.09. The molecule has 0 aliphatic heterocycles. The van der Waals surface area contributed by atoms with Gasteiger partial charge < -0.3 is 0 Å². The van der Waals surface area contributed by atoms with Gasteiger partial charge in [0.05, 0.1) is 5.69 Å². The molecule has 0 saturated carbocycles. The van der Waals surface area contributed by atoms with Crippen LogP contribution in [0.25, 0.3) is 6.08 Å². The van der Waals surface area contributed by atoms with Crippen molar-refractivity contribution in [1.82, 2.24) is 9.97 Å². The van der Waals surface area contributed by atoms with Crippen molar-refractivity contribution in [3.63, 3.8) is 0 Å². The van der Waals surface area contributed by atoms with Crippen molar-refractivity contribution in [3.05, 3.63) is 30.4 Å². The Morgan fingerprint density at radius 3 is 3.00 bits per heavy atom. The van der Waals surface area contributed by atoms with Gasteiger partial charge >= 0.3 is 0 Å². The Hall–Kier alpha value is -1.51. The molecule has 0 radical (unpaired) electrons. The Bertz CT molecular complexity index is 267. The molecule has 0 spiro atoms. The van der Waals surface area contributed by atoms with Gasteiger partial charge in [-0.05, 0) is 25.1 Å². The quantitative estimate of drug-likeness (QED) is 0.589. The summed E-state index contributed by atoms with van der Waals surface area (Å²) in [5, 5.41) is 0. The third kappa shape index (κ3) is 2.71. The topological polar surface area (TPSA) is 42.9 Å². The van der Waals surface area contributed by atoms with Crippen LogP contribution < -0.4 is 0 Å². The zero-order chi connectivity index (χ0) is 8.10. The van der Waals surface area contributed by atoms with Crippen molar-refractivity contribution in [3.8, 4) is 0 Å². The van der Waals surface area contributed by atoms with Gasteiger partial charge in [0.1, 0.15) is 6.33 Å². The Labute approximate surface area is 64.8 Å². The van der Waals surface area contributed by atoms with Gasteiger partial charge in [-0.15, -0.1) is 0 Å². The fourth-order valence-electron chi connectivity index (χ4n) is 0.602. The zero-order valence-electron chi connectivity index (χ0n) is 6.19. The standard InChI is InChI=1S/C8H8N2O/c1-7(11)2-3-8-4-5-9-6-10-8/h2-6H,1H3. The third-order valence-electron chi connectivity index (χ3n) is 1.09. The van der Waals surface area contributed by atoms with E-state index in [-0.39, 0.29) is 5.78 Å². The first-order valence-electron chi connectivity index (χ1n) is 3.24. The van der Waals surface area contributed by atoms with Crippen LogP contribution >= 0.6 is 0 Å². The molecule has 0 unspecified atom stereocenters. The van der Waals surface area contributed by atoms with Crippen LogP contribution in [-0.2, 0) is 4.79 Å². The van der Waals surface area contributed by atoms with E-state index in [0.717, 1.165) is 5.69 Å². The molecule has 11 heavy (non-hydrogen) atoms. The number of ketones is 1. The van der Waals surface area contributed by atoms with Crippen LogP contribution in [0.3, 0.4) is 0 Å². The summed E-state index contributed by atoms with van der Waals surface area (Å²) in [6.07, 6.45) is 6.21. The molecule has 0 fully saturated rings. The number of carbonyl (C=O) groups excluding carboxylic acids is 1. The van der Waals surface area contributed by atoms with Gasteiger partial charge in [-0.25, -0.2) is 9.97 Å². The van der Waals surface area contributed by atoms with Crippen molar-refractivity contribution in [2.75, 3.05) is 0 Å². The Morgan fingerprint density at radius 2 is 2.45 bits per heavy atom. The lowest BCUT2D eigenvalue weighted by Gasteiger charge is -1.86. The first kappa shape index (κ1) is 7.60. The van der Waals surface area contributed by atoms with E-state index in [2.05, 4.69) is 9.97 Å². The molecule has 56 valence electrons. The second kappa shape index (κ2) is 3.61. The highest BCUT2D eigenvalue weighted by molar-refractivity contribution is 5.91. The molecule has 0 aliphatic carbocycles. The van der Waals surface area contributed by atoms with E-state index in [1.165, 1.54) is 19.3 Å². The lowest BCUT2D eigenvalue weighted by molar-refractivity contribution is -0.112. The molecular formula is C8H8N2O. The van der Waals surface area contributed by atoms with Crippen LogP contribution in [0.5, 0.6) is 0 Å². The maximum atomic E-state index is 10.5. The lowest BCUT2D eigenvalue weighted by Crippen LogP contribution is -1.83. The monoisotopic (exact) mass is 148 g/mol. The Kier molecular flexibility index (Phi) is 2.49. The fourth-order valence-corrected chi connectivity index (χ4v) is 0.602. The average molecular weight is 148 g/mol. The van der Waals surface area contributed by atoms with E-state index >= 15 is 0 Å². The van der Waals surface area contributed by atoms with Crippen molar-refractivity contribution < 1.29 is 4.79 Å². The second-order valence-electron chi connectivity index (χ2n) is 2.08. The smallest absolute Gasteiger partial charge is 0.152 e. The molecule has 0 aliphatic rings. The van der Waals surface area contributed by atoms with E-state index < -0.39 is 0 Å². The van der Waals surface area contributed by atoms with Crippen LogP contribution in [0, 0.1) is 0 Å². The van der Waals surface area contributed by atoms with Crippen molar-refractivity contribution in [1.29, 1.82) is 0 Å². The molecule has 0 saturated heterocycles. The predicted molar refractivity (Wildman–Crippen MR) is 41.7 cm³/mol. The maximum Gasteiger partial charge on any atom is 0.152 e. The van der Waals surface area contributed by atoms with E-state index in [9.17, 15) is 4.79 Å². The minimum absolute atomic E-state index is 0.0172. The summed E-state index contributed by atoms with van der Waals surface area (Å²) in [6, 6.07) is 1.74. The van der Waals surface area contributed by atoms with Crippen LogP contribution in [-0.4, -0.2) is 15.8 Å². The molecule has 0 aromatic carbocycles. The summed E-state index contributed by atoms with van der Waals surface area (Å²) < 4.78 is 0. The molecule has 0 N–H and O–H groups in total. The summed E-state index contributed by atoms with van der Waals surface area (Å²) in [6.45, 7) is 1.50. The molecule has 0 atom stereocenters. The lowest BCUT2D eigenvalue weighted by atomic mass is 10.3. The number of hydrogen-bond donors (Lipinski definition) is 0. The van der Waals surface area contributed by atoms with E-state index in [1.54, 1.807) is 18.3 Å². The van der Waals surface area contributed by atoms with E-state index in [0.29, 0.717) is 0 Å². The maximum absolute atomic E-state index is 10.5. The Balaban J connectivity index is 2.72. The molecule has 1 heterocycles. The summed E-state index contributed by atoms with van der Waals surface area (Å²) in [5.74, 6) is 0.0172. The number of rotatable bonds is 2. The van der Waals surface area contributed by atoms with Gasteiger partial charge in [-0.2, -0.15) is 0 Å². The van der Waals surface area contributed by atoms with Crippen LogP contribution in [0.4, 0.5) is 0 Å². The van der Waals surface area contributed by atoms with Gasteiger partial charge in [0, 0.05) is 6.20 Å². The largest absolute Gasteiger partial charge is 0.295 e. The predicted octanol–water partition coefficient (Wildman–Crippen LogP) is 1.08. The van der Waals surface area contributed by atoms with Crippen LogP contribution in [0.15, 0.2) is 24.7 Å². The summed E-state index contributed by atoms with van der Waals surface area (Å²) in [4.78, 5) is 18.1. The average Bonchev–Trinajstić information content (AvgIpc) is 2.03. The minimum atomic E-state index is 0.0172. The molecule has 3 nitrogen and oxygen atoms in total. The first-order chi connectivity index (χ1) is 5.29. The molecule has 0 bridgehead atoms. The Morgan fingerprint density at radius 1 is 1.64 bits per heavy atom. The van der Waals surface area contributed by atoms with Gasteiger partial charge in [0.25, 0.3) is 0 Å². The van der Waals surface area contributed by atoms with Gasteiger partial charge in [-0.3, -0.25) is 4.79 Å². The van der Waals surface area contributed by atoms with Gasteiger partial charge in [0.2, 0.25) is 0 Å². The minimum Gasteiger partial charge on any atom is -0.295 e. The van der Waals surface area contributed by atoms with Crippen molar-refractivity contribution in [2.45, 2.75) is 6.92 Å². The van der Waals surface area contributed by atoms with Crippen molar-refractivity contribution >= 4 is 11.9 Å². The highest BCUT2D eigenvalue weighted by Crippen LogP contribution is 1.93. The van der Waals surface area contributed by atoms with E-state index in [4.69, 9.17) is 0 Å². The highest BCUT2D eigenvalue weighted by Gasteiger charge is 1.85. The summed E-state index contributed by atoms with van der Waals surface area (Å²) in [7, 11) is 0. The van der Waals surface area contributed by atoms with Gasteiger partial charge in [-0.1, -0.05) is 0 Å². The summed E-state index contributed by atoms with van der Waals surface area (Å²) in [5.41, 5.74) is 0.746. The zero-order valence-corrected chi connectivity index (χ0v) is 6.19.